The van der Waals surface area contributed by atoms with E-state index in [0.29, 0.717) is 6.04 Å². The van der Waals surface area contributed by atoms with Crippen LogP contribution in [0.1, 0.15) is 47.0 Å². The van der Waals surface area contributed by atoms with Gasteiger partial charge in [-0.05, 0) is 39.0 Å². The third-order valence-electron chi connectivity index (χ3n) is 2.62. The number of nitrogens with zero attached hydrogens (tertiary/aromatic N) is 1. The number of nitrogens with one attached hydrogen (secondary N) is 2. The van der Waals surface area contributed by atoms with Gasteiger partial charge in [-0.15, -0.1) is 0 Å². The maximum absolute atomic E-state index is 4.22. The van der Waals surface area contributed by atoms with Crippen molar-refractivity contribution in [3.63, 3.8) is 0 Å². The second-order valence-corrected chi connectivity index (χ2v) is 4.87. The van der Waals surface area contributed by atoms with Crippen LogP contribution in [0.4, 0.5) is 0 Å². The number of aliphatic imine (C=N–C) groups is 1. The van der Waals surface area contributed by atoms with Gasteiger partial charge in [-0.3, -0.25) is 4.99 Å². The number of guanidine groups is 1. The average molecular weight is 239 g/mol. The van der Waals surface area contributed by atoms with Gasteiger partial charge >= 0.3 is 0 Å². The first kappa shape index (κ1) is 16.0. The molecule has 2 N–H and O–H groups in total. The quantitative estimate of drug-likeness (QED) is 0.310. The second-order valence-electron chi connectivity index (χ2n) is 4.87. The predicted octanol–water partition coefficient (Wildman–Crippen LogP) is 2.94. The van der Waals surface area contributed by atoms with Crippen molar-refractivity contribution in [1.29, 1.82) is 0 Å². The predicted molar refractivity (Wildman–Crippen MR) is 77.5 cm³/mol. The van der Waals surface area contributed by atoms with Crippen LogP contribution in [0.5, 0.6) is 0 Å². The van der Waals surface area contributed by atoms with Crippen molar-refractivity contribution in [2.24, 2.45) is 10.9 Å². The molecule has 0 saturated heterocycles. The van der Waals surface area contributed by atoms with Gasteiger partial charge in [0.1, 0.15) is 0 Å². The summed E-state index contributed by atoms with van der Waals surface area (Å²) in [5, 5.41) is 6.72. The van der Waals surface area contributed by atoms with Gasteiger partial charge in [0, 0.05) is 19.6 Å². The molecule has 0 aromatic carbocycles. The van der Waals surface area contributed by atoms with Crippen LogP contribution in [0.25, 0.3) is 0 Å². The fourth-order valence-corrected chi connectivity index (χ4v) is 1.52. The van der Waals surface area contributed by atoms with E-state index in [1.54, 1.807) is 0 Å². The molecule has 0 radical (unpaired) electrons. The standard InChI is InChI=1S/C14H29N3/c1-6-7-8-11-16-14(15-5)17-13(4)10-9-12(2)3/h6-7,12-13H,8-11H2,1-5H3,(H2,15,16,17)/b7-6+. The molecule has 0 heterocycles. The minimum Gasteiger partial charge on any atom is -0.356 e. The fourth-order valence-electron chi connectivity index (χ4n) is 1.52. The maximum Gasteiger partial charge on any atom is 0.191 e. The van der Waals surface area contributed by atoms with Crippen LogP contribution in [-0.4, -0.2) is 25.6 Å². The number of hydrogen-bond donors (Lipinski definition) is 2. The van der Waals surface area contributed by atoms with Crippen LogP contribution in [0.15, 0.2) is 17.1 Å². The van der Waals surface area contributed by atoms with Gasteiger partial charge in [0.15, 0.2) is 5.96 Å². The second kappa shape index (κ2) is 10.2. The summed E-state index contributed by atoms with van der Waals surface area (Å²) in [6, 6.07) is 0.477. The Hall–Kier alpha value is -0.990. The summed E-state index contributed by atoms with van der Waals surface area (Å²) < 4.78 is 0. The summed E-state index contributed by atoms with van der Waals surface area (Å²) in [5.41, 5.74) is 0. The lowest BCUT2D eigenvalue weighted by atomic mass is 10.0. The van der Waals surface area contributed by atoms with E-state index in [9.17, 15) is 0 Å². The van der Waals surface area contributed by atoms with Crippen molar-refractivity contribution in [1.82, 2.24) is 10.6 Å². The van der Waals surface area contributed by atoms with Crippen LogP contribution in [-0.2, 0) is 0 Å². The molecule has 1 atom stereocenters. The van der Waals surface area contributed by atoms with Crippen LogP contribution in [0.2, 0.25) is 0 Å². The van der Waals surface area contributed by atoms with E-state index in [2.05, 4.69) is 48.5 Å². The smallest absolute Gasteiger partial charge is 0.191 e. The van der Waals surface area contributed by atoms with Gasteiger partial charge < -0.3 is 10.6 Å². The van der Waals surface area contributed by atoms with Crippen molar-refractivity contribution in [3.8, 4) is 0 Å². The Morgan fingerprint density at radius 3 is 2.47 bits per heavy atom. The summed E-state index contributed by atoms with van der Waals surface area (Å²) in [7, 11) is 1.82. The monoisotopic (exact) mass is 239 g/mol. The first-order valence-electron chi connectivity index (χ1n) is 6.68. The highest BCUT2D eigenvalue weighted by Crippen LogP contribution is 2.06. The summed E-state index contributed by atoms with van der Waals surface area (Å²) in [6.45, 7) is 9.71. The Labute approximate surface area is 107 Å². The molecule has 0 rings (SSSR count). The molecular formula is C14H29N3. The van der Waals surface area contributed by atoms with Crippen molar-refractivity contribution < 1.29 is 0 Å². The van der Waals surface area contributed by atoms with Gasteiger partial charge in [0.2, 0.25) is 0 Å². The summed E-state index contributed by atoms with van der Waals surface area (Å²) in [6.07, 6.45) is 7.71. The Morgan fingerprint density at radius 2 is 1.94 bits per heavy atom. The van der Waals surface area contributed by atoms with E-state index >= 15 is 0 Å². The van der Waals surface area contributed by atoms with E-state index < -0.39 is 0 Å². The first-order chi connectivity index (χ1) is 8.10. The van der Waals surface area contributed by atoms with Gasteiger partial charge in [-0.1, -0.05) is 26.0 Å². The van der Waals surface area contributed by atoms with E-state index in [-0.39, 0.29) is 0 Å². The molecule has 0 aliphatic carbocycles. The Morgan fingerprint density at radius 1 is 1.24 bits per heavy atom. The minimum absolute atomic E-state index is 0.477. The van der Waals surface area contributed by atoms with Crippen molar-refractivity contribution in [2.75, 3.05) is 13.6 Å². The summed E-state index contributed by atoms with van der Waals surface area (Å²) in [5.74, 6) is 1.68. The molecule has 0 bridgehead atoms. The third-order valence-corrected chi connectivity index (χ3v) is 2.62. The van der Waals surface area contributed by atoms with Crippen LogP contribution in [0, 0.1) is 5.92 Å². The van der Waals surface area contributed by atoms with Crippen LogP contribution < -0.4 is 10.6 Å². The van der Waals surface area contributed by atoms with Crippen molar-refractivity contribution >= 4 is 5.96 Å². The molecule has 0 aromatic rings. The topological polar surface area (TPSA) is 36.4 Å². The van der Waals surface area contributed by atoms with E-state index in [0.717, 1.165) is 24.8 Å². The molecule has 0 aliphatic rings. The highest BCUT2D eigenvalue weighted by molar-refractivity contribution is 5.79. The maximum atomic E-state index is 4.22. The zero-order valence-electron chi connectivity index (χ0n) is 12.1. The molecule has 100 valence electrons. The lowest BCUT2D eigenvalue weighted by Crippen LogP contribution is -2.42. The fraction of sp³-hybridized carbons (Fsp3) is 0.786. The minimum atomic E-state index is 0.477. The normalized spacial score (nSPS) is 14.4. The molecule has 0 spiro atoms. The number of rotatable bonds is 7. The van der Waals surface area contributed by atoms with Crippen molar-refractivity contribution in [3.05, 3.63) is 12.2 Å². The molecule has 0 fully saturated rings. The molecular weight excluding hydrogens is 210 g/mol. The first-order valence-corrected chi connectivity index (χ1v) is 6.68. The highest BCUT2D eigenvalue weighted by atomic mass is 15.2. The lowest BCUT2D eigenvalue weighted by Gasteiger charge is -2.18. The van der Waals surface area contributed by atoms with Crippen LogP contribution >= 0.6 is 0 Å². The zero-order chi connectivity index (χ0) is 13.1. The van der Waals surface area contributed by atoms with Gasteiger partial charge in [-0.2, -0.15) is 0 Å². The summed E-state index contributed by atoms with van der Waals surface area (Å²) in [4.78, 5) is 4.22. The SMILES string of the molecule is C/C=C/CCNC(=NC)NC(C)CCC(C)C. The lowest BCUT2D eigenvalue weighted by molar-refractivity contribution is 0.489. The molecule has 3 nitrogen and oxygen atoms in total. The average Bonchev–Trinajstić information content (AvgIpc) is 2.30. The van der Waals surface area contributed by atoms with Gasteiger partial charge in [0.25, 0.3) is 0 Å². The molecule has 0 amide bonds. The van der Waals surface area contributed by atoms with E-state index in [1.807, 2.05) is 14.0 Å². The molecule has 0 saturated carbocycles. The van der Waals surface area contributed by atoms with E-state index in [4.69, 9.17) is 0 Å². The Kier molecular flexibility index (Phi) is 9.59. The number of hydrogen-bond acceptors (Lipinski definition) is 1. The Balaban J connectivity index is 3.80. The summed E-state index contributed by atoms with van der Waals surface area (Å²) >= 11 is 0. The Bertz CT molecular complexity index is 232. The third kappa shape index (κ3) is 9.91. The van der Waals surface area contributed by atoms with Gasteiger partial charge in [-0.25, -0.2) is 0 Å². The van der Waals surface area contributed by atoms with Crippen LogP contribution in [0.3, 0.4) is 0 Å². The molecule has 3 heteroatoms. The number of allylic oxidation sites excluding steroid dienone is 1. The largest absolute Gasteiger partial charge is 0.356 e. The zero-order valence-corrected chi connectivity index (χ0v) is 12.1. The molecule has 0 aliphatic heterocycles. The molecule has 17 heavy (non-hydrogen) atoms. The molecule has 0 aromatic heterocycles. The molecule has 1 unspecified atom stereocenters. The van der Waals surface area contributed by atoms with E-state index in [1.165, 1.54) is 12.8 Å². The van der Waals surface area contributed by atoms with Crippen molar-refractivity contribution in [2.45, 2.75) is 53.0 Å². The van der Waals surface area contributed by atoms with Gasteiger partial charge in [0.05, 0.1) is 0 Å². The highest BCUT2D eigenvalue weighted by Gasteiger charge is 2.05.